The van der Waals surface area contributed by atoms with Crippen molar-refractivity contribution in [3.63, 3.8) is 0 Å². The molecule has 25 heavy (non-hydrogen) atoms. The van der Waals surface area contributed by atoms with E-state index in [1.54, 1.807) is 0 Å². The molecular formula is C25H24. The molecule has 3 aromatic rings. The third-order valence-corrected chi connectivity index (χ3v) is 5.20. The summed E-state index contributed by atoms with van der Waals surface area (Å²) in [6.45, 7) is 2.21. The van der Waals surface area contributed by atoms with E-state index >= 15 is 0 Å². The Balaban J connectivity index is 1.47. The van der Waals surface area contributed by atoms with Crippen LogP contribution in [0.5, 0.6) is 0 Å². The van der Waals surface area contributed by atoms with Crippen molar-refractivity contribution in [3.8, 4) is 0 Å². The lowest BCUT2D eigenvalue weighted by Crippen LogP contribution is -1.93. The molecule has 1 aliphatic rings. The molecule has 0 bridgehead atoms. The molecule has 0 unspecified atom stereocenters. The molecule has 0 aliphatic heterocycles. The number of benzene rings is 3. The van der Waals surface area contributed by atoms with E-state index in [9.17, 15) is 0 Å². The first-order chi connectivity index (χ1) is 12.3. The van der Waals surface area contributed by atoms with Gasteiger partial charge in [0.25, 0.3) is 0 Å². The summed E-state index contributed by atoms with van der Waals surface area (Å²) in [6.07, 6.45) is 6.74. The molecule has 0 atom stereocenters. The van der Waals surface area contributed by atoms with Crippen molar-refractivity contribution in [2.75, 3.05) is 0 Å². The van der Waals surface area contributed by atoms with Gasteiger partial charge in [0.05, 0.1) is 0 Å². The zero-order valence-electron chi connectivity index (χ0n) is 14.8. The van der Waals surface area contributed by atoms with Gasteiger partial charge in [-0.15, -0.1) is 0 Å². The molecule has 3 aromatic carbocycles. The van der Waals surface area contributed by atoms with E-state index in [4.69, 9.17) is 0 Å². The topological polar surface area (TPSA) is 0 Å². The summed E-state index contributed by atoms with van der Waals surface area (Å²) >= 11 is 0. The summed E-state index contributed by atoms with van der Waals surface area (Å²) in [6, 6.07) is 26.8. The Morgan fingerprint density at radius 3 is 2.16 bits per heavy atom. The van der Waals surface area contributed by atoms with E-state index < -0.39 is 0 Å². The maximum absolute atomic E-state index is 2.38. The fraction of sp³-hybridized carbons (Fsp3) is 0.200. The van der Waals surface area contributed by atoms with Crippen molar-refractivity contribution >= 4 is 11.6 Å². The number of hydrogen-bond acceptors (Lipinski definition) is 0. The van der Waals surface area contributed by atoms with Crippen molar-refractivity contribution < 1.29 is 0 Å². The van der Waals surface area contributed by atoms with Crippen LogP contribution < -0.4 is 0 Å². The van der Waals surface area contributed by atoms with E-state index in [1.165, 1.54) is 39.0 Å². The number of fused-ring (bicyclic) bond motifs is 1. The van der Waals surface area contributed by atoms with Crippen LogP contribution in [0.1, 0.15) is 40.3 Å². The second-order valence-electron chi connectivity index (χ2n) is 6.92. The SMILES string of the molecule is CCc1ccc(CCc2ccc3c(c2)C=C(c2ccccc2)C3)cc1. The third-order valence-electron chi connectivity index (χ3n) is 5.20. The molecule has 124 valence electrons. The van der Waals surface area contributed by atoms with E-state index in [0.29, 0.717) is 0 Å². The Bertz CT molecular complexity index is 883. The maximum Gasteiger partial charge on any atom is -0.00137 e. The van der Waals surface area contributed by atoms with E-state index in [-0.39, 0.29) is 0 Å². The van der Waals surface area contributed by atoms with E-state index in [0.717, 1.165) is 25.7 Å². The average Bonchev–Trinajstić information content (AvgIpc) is 3.11. The minimum Gasteiger partial charge on any atom is -0.0622 e. The highest BCUT2D eigenvalue weighted by molar-refractivity contribution is 5.88. The Morgan fingerprint density at radius 2 is 1.40 bits per heavy atom. The number of aryl methyl sites for hydroxylation is 3. The van der Waals surface area contributed by atoms with Crippen LogP contribution in [-0.4, -0.2) is 0 Å². The molecule has 0 saturated heterocycles. The van der Waals surface area contributed by atoms with Gasteiger partial charge in [-0.05, 0) is 64.6 Å². The van der Waals surface area contributed by atoms with Gasteiger partial charge in [-0.1, -0.05) is 85.8 Å². The van der Waals surface area contributed by atoms with Gasteiger partial charge in [-0.3, -0.25) is 0 Å². The van der Waals surface area contributed by atoms with Crippen LogP contribution in [0.15, 0.2) is 72.8 Å². The highest BCUT2D eigenvalue weighted by atomic mass is 14.2. The molecule has 4 rings (SSSR count). The molecule has 0 amide bonds. The second-order valence-corrected chi connectivity index (χ2v) is 6.92. The maximum atomic E-state index is 2.38. The summed E-state index contributed by atoms with van der Waals surface area (Å²) in [5.74, 6) is 0. The van der Waals surface area contributed by atoms with Crippen molar-refractivity contribution in [1.82, 2.24) is 0 Å². The second kappa shape index (κ2) is 7.11. The smallest absolute Gasteiger partial charge is 0.00137 e. The highest BCUT2D eigenvalue weighted by Gasteiger charge is 2.14. The van der Waals surface area contributed by atoms with Gasteiger partial charge in [0.15, 0.2) is 0 Å². The lowest BCUT2D eigenvalue weighted by atomic mass is 9.99. The van der Waals surface area contributed by atoms with Crippen LogP contribution in [0, 0.1) is 0 Å². The molecule has 0 saturated carbocycles. The van der Waals surface area contributed by atoms with E-state index in [2.05, 4.69) is 85.8 Å². The predicted octanol–water partition coefficient (Wildman–Crippen LogP) is 6.13. The quantitative estimate of drug-likeness (QED) is 0.529. The van der Waals surface area contributed by atoms with Crippen LogP contribution in [0.4, 0.5) is 0 Å². The fourth-order valence-electron chi connectivity index (χ4n) is 3.61. The van der Waals surface area contributed by atoms with Gasteiger partial charge in [0, 0.05) is 0 Å². The summed E-state index contributed by atoms with van der Waals surface area (Å²) < 4.78 is 0. The molecule has 0 radical (unpaired) electrons. The molecule has 0 aromatic heterocycles. The average molecular weight is 324 g/mol. The molecule has 0 spiro atoms. The first kappa shape index (κ1) is 15.9. The molecule has 0 N–H and O–H groups in total. The van der Waals surface area contributed by atoms with Gasteiger partial charge >= 0.3 is 0 Å². The molecule has 0 nitrogen and oxygen atoms in total. The lowest BCUT2D eigenvalue weighted by molar-refractivity contribution is 0.955. The van der Waals surface area contributed by atoms with Gasteiger partial charge in [0.1, 0.15) is 0 Å². The Morgan fingerprint density at radius 1 is 0.720 bits per heavy atom. The van der Waals surface area contributed by atoms with Gasteiger partial charge < -0.3 is 0 Å². The molecule has 0 fully saturated rings. The molecular weight excluding hydrogens is 300 g/mol. The molecule has 1 aliphatic carbocycles. The van der Waals surface area contributed by atoms with Crippen LogP contribution in [0.2, 0.25) is 0 Å². The minimum absolute atomic E-state index is 1.05. The number of hydrogen-bond donors (Lipinski definition) is 0. The van der Waals surface area contributed by atoms with Crippen LogP contribution in [0.25, 0.3) is 11.6 Å². The number of rotatable bonds is 5. The minimum atomic E-state index is 1.05. The summed E-state index contributed by atoms with van der Waals surface area (Å²) in [5.41, 5.74) is 9.91. The van der Waals surface area contributed by atoms with Crippen LogP contribution >= 0.6 is 0 Å². The molecule has 0 heteroatoms. The first-order valence-corrected chi connectivity index (χ1v) is 9.27. The van der Waals surface area contributed by atoms with Crippen LogP contribution in [0.3, 0.4) is 0 Å². The van der Waals surface area contributed by atoms with Gasteiger partial charge in [0.2, 0.25) is 0 Å². The van der Waals surface area contributed by atoms with Crippen molar-refractivity contribution in [3.05, 3.63) is 106 Å². The Kier molecular flexibility index (Phi) is 4.52. The van der Waals surface area contributed by atoms with Crippen molar-refractivity contribution in [2.24, 2.45) is 0 Å². The summed E-state index contributed by atoms with van der Waals surface area (Å²) in [7, 11) is 0. The fourth-order valence-corrected chi connectivity index (χ4v) is 3.61. The zero-order valence-corrected chi connectivity index (χ0v) is 14.8. The predicted molar refractivity (Wildman–Crippen MR) is 108 cm³/mol. The standard InChI is InChI=1S/C25H24/c1-2-19-8-10-20(11-9-19)12-13-21-14-15-23-17-25(18-24(23)16-21)22-6-4-3-5-7-22/h3-11,14-16,18H,2,12-13,17H2,1H3. The molecule has 0 heterocycles. The lowest BCUT2D eigenvalue weighted by Gasteiger charge is -2.06. The Labute approximate surface area is 150 Å². The van der Waals surface area contributed by atoms with Crippen molar-refractivity contribution in [1.29, 1.82) is 0 Å². The van der Waals surface area contributed by atoms with Gasteiger partial charge in [-0.25, -0.2) is 0 Å². The van der Waals surface area contributed by atoms with E-state index in [1.807, 2.05) is 0 Å². The largest absolute Gasteiger partial charge is 0.0622 e. The zero-order chi connectivity index (χ0) is 17.1. The summed E-state index contributed by atoms with van der Waals surface area (Å²) in [4.78, 5) is 0. The normalized spacial score (nSPS) is 12.8. The van der Waals surface area contributed by atoms with Crippen LogP contribution in [-0.2, 0) is 25.7 Å². The highest BCUT2D eigenvalue weighted by Crippen LogP contribution is 2.32. The first-order valence-electron chi connectivity index (χ1n) is 9.27. The van der Waals surface area contributed by atoms with Crippen molar-refractivity contribution in [2.45, 2.75) is 32.6 Å². The Hall–Kier alpha value is -2.60. The number of allylic oxidation sites excluding steroid dienone is 1. The summed E-state index contributed by atoms with van der Waals surface area (Å²) in [5, 5.41) is 0. The monoisotopic (exact) mass is 324 g/mol. The third kappa shape index (κ3) is 3.58. The van der Waals surface area contributed by atoms with Gasteiger partial charge in [-0.2, -0.15) is 0 Å².